The Morgan fingerprint density at radius 1 is 1.13 bits per heavy atom. The lowest BCUT2D eigenvalue weighted by atomic mass is 9.89. The second-order valence-corrected chi connectivity index (χ2v) is 6.78. The molecule has 23 heavy (non-hydrogen) atoms. The molecule has 1 N–H and O–H groups in total. The van der Waals surface area contributed by atoms with Gasteiger partial charge in [-0.3, -0.25) is 4.99 Å². The average molecular weight is 373 g/mol. The Morgan fingerprint density at radius 3 is 2.43 bits per heavy atom. The lowest BCUT2D eigenvalue weighted by Gasteiger charge is -2.30. The Labute approximate surface area is 145 Å². The van der Waals surface area contributed by atoms with Crippen molar-refractivity contribution in [3.05, 3.63) is 70.2 Å². The molecule has 0 radical (unpaired) electrons. The van der Waals surface area contributed by atoms with Crippen LogP contribution < -0.4 is 0 Å². The van der Waals surface area contributed by atoms with Gasteiger partial charge in [0.1, 0.15) is 5.84 Å². The van der Waals surface area contributed by atoms with E-state index >= 15 is 0 Å². The molecule has 1 aliphatic heterocycles. The number of benzene rings is 2. The summed E-state index contributed by atoms with van der Waals surface area (Å²) in [5.74, 6) is 1.15. The third-order valence-corrected chi connectivity index (χ3v) is 4.81. The van der Waals surface area contributed by atoms with Gasteiger partial charge < -0.3 is 10.0 Å². The molecule has 0 spiro atoms. The minimum absolute atomic E-state index is 0.0980. The van der Waals surface area contributed by atoms with Crippen LogP contribution >= 0.6 is 15.9 Å². The van der Waals surface area contributed by atoms with Gasteiger partial charge in [0.2, 0.25) is 0 Å². The van der Waals surface area contributed by atoms with E-state index in [0.717, 1.165) is 16.9 Å². The average Bonchev–Trinajstić information content (AvgIpc) is 2.92. The zero-order valence-electron chi connectivity index (χ0n) is 13.2. The van der Waals surface area contributed by atoms with Crippen molar-refractivity contribution in [3.63, 3.8) is 0 Å². The van der Waals surface area contributed by atoms with Crippen LogP contribution in [-0.2, 0) is 0 Å². The number of hydrogen-bond acceptors (Lipinski definition) is 3. The highest BCUT2D eigenvalue weighted by Crippen LogP contribution is 2.31. The van der Waals surface area contributed by atoms with Gasteiger partial charge in [-0.1, -0.05) is 58.4 Å². The maximum Gasteiger partial charge on any atom is 0.111 e. The Hall–Kier alpha value is -1.65. The summed E-state index contributed by atoms with van der Waals surface area (Å²) in [6, 6.07) is 19.2. The number of amidine groups is 1. The van der Waals surface area contributed by atoms with Gasteiger partial charge in [0.25, 0.3) is 0 Å². The smallest absolute Gasteiger partial charge is 0.111 e. The molecule has 0 saturated carbocycles. The predicted octanol–water partition coefficient (Wildman–Crippen LogP) is 3.68. The van der Waals surface area contributed by atoms with Crippen LogP contribution in [0.5, 0.6) is 0 Å². The van der Waals surface area contributed by atoms with Gasteiger partial charge in [0, 0.05) is 17.1 Å². The first-order chi connectivity index (χ1) is 11.2. The minimum atomic E-state index is 0.0980. The fourth-order valence-electron chi connectivity index (χ4n) is 3.13. The van der Waals surface area contributed by atoms with E-state index in [1.165, 1.54) is 11.1 Å². The second kappa shape index (κ2) is 7.28. The molecule has 4 heteroatoms. The Kier molecular flexibility index (Phi) is 5.13. The topological polar surface area (TPSA) is 35.8 Å². The number of halogens is 1. The molecule has 0 saturated heterocycles. The molecule has 120 valence electrons. The molecule has 1 aliphatic rings. The van der Waals surface area contributed by atoms with Gasteiger partial charge in [0.15, 0.2) is 0 Å². The van der Waals surface area contributed by atoms with Crippen LogP contribution in [0, 0.1) is 0 Å². The molecular weight excluding hydrogens is 352 g/mol. The number of rotatable bonds is 5. The van der Waals surface area contributed by atoms with Crippen LogP contribution in [0.15, 0.2) is 64.1 Å². The number of aliphatic imine (C=N–C) groups is 1. The van der Waals surface area contributed by atoms with Crippen molar-refractivity contribution in [2.24, 2.45) is 4.99 Å². The molecule has 2 aromatic rings. The number of hydrogen-bond donors (Lipinski definition) is 1. The highest BCUT2D eigenvalue weighted by Gasteiger charge is 2.31. The van der Waals surface area contributed by atoms with Gasteiger partial charge in [-0.15, -0.1) is 0 Å². The number of β-amino-alcohol motifs (C(OH)–C–C–N with tert-alkyl or cyclic N) is 1. The molecule has 3 rings (SSSR count). The van der Waals surface area contributed by atoms with E-state index in [0.29, 0.717) is 12.6 Å². The van der Waals surface area contributed by atoms with Crippen molar-refractivity contribution in [3.8, 4) is 0 Å². The number of aliphatic hydroxyl groups excluding tert-OH is 1. The molecule has 0 aromatic heterocycles. The number of aliphatic hydroxyl groups is 1. The lowest BCUT2D eigenvalue weighted by Crippen LogP contribution is -2.39. The van der Waals surface area contributed by atoms with Crippen molar-refractivity contribution in [1.82, 2.24) is 4.90 Å². The Morgan fingerprint density at radius 2 is 1.78 bits per heavy atom. The highest BCUT2D eigenvalue weighted by atomic mass is 79.9. The van der Waals surface area contributed by atoms with Crippen LogP contribution in [0.4, 0.5) is 0 Å². The van der Waals surface area contributed by atoms with Gasteiger partial charge in [0.05, 0.1) is 19.1 Å². The third-order valence-electron chi connectivity index (χ3n) is 4.28. The summed E-state index contributed by atoms with van der Waals surface area (Å²) in [4.78, 5) is 7.05. The molecule has 1 heterocycles. The molecular formula is C19H21BrN2O. The van der Waals surface area contributed by atoms with Crippen molar-refractivity contribution in [1.29, 1.82) is 0 Å². The molecule has 2 aromatic carbocycles. The second-order valence-electron chi connectivity index (χ2n) is 5.86. The zero-order chi connectivity index (χ0) is 16.2. The van der Waals surface area contributed by atoms with Crippen molar-refractivity contribution in [2.75, 3.05) is 19.7 Å². The maximum atomic E-state index is 9.42. The van der Waals surface area contributed by atoms with Gasteiger partial charge >= 0.3 is 0 Å². The summed E-state index contributed by atoms with van der Waals surface area (Å²) in [5.41, 5.74) is 2.45. The van der Waals surface area contributed by atoms with Crippen LogP contribution in [0.25, 0.3) is 0 Å². The quantitative estimate of drug-likeness (QED) is 0.868. The van der Waals surface area contributed by atoms with Gasteiger partial charge in [-0.2, -0.15) is 0 Å². The van der Waals surface area contributed by atoms with E-state index in [-0.39, 0.29) is 12.5 Å². The van der Waals surface area contributed by atoms with Gasteiger partial charge in [-0.25, -0.2) is 0 Å². The molecule has 2 unspecified atom stereocenters. The predicted molar refractivity (Wildman–Crippen MR) is 98.0 cm³/mol. The van der Waals surface area contributed by atoms with Crippen LogP contribution in [0.2, 0.25) is 0 Å². The van der Waals surface area contributed by atoms with Crippen LogP contribution in [0.1, 0.15) is 24.0 Å². The standard InChI is InChI=1S/C19H21BrN2O/c1-14-13-21-19(22(14)11-12-23)18(15-5-3-2-4-6-15)16-7-9-17(20)10-8-16/h2-10,14,18,23H,11-13H2,1H3. The summed E-state index contributed by atoms with van der Waals surface area (Å²) in [7, 11) is 0. The summed E-state index contributed by atoms with van der Waals surface area (Å²) >= 11 is 3.51. The number of nitrogens with zero attached hydrogens (tertiary/aromatic N) is 2. The third kappa shape index (κ3) is 3.48. The summed E-state index contributed by atoms with van der Waals surface area (Å²) in [5, 5.41) is 9.42. The molecule has 0 fully saturated rings. The monoisotopic (exact) mass is 372 g/mol. The molecule has 0 amide bonds. The minimum Gasteiger partial charge on any atom is -0.395 e. The molecule has 2 atom stereocenters. The fraction of sp³-hybridized carbons (Fsp3) is 0.316. The largest absolute Gasteiger partial charge is 0.395 e. The maximum absolute atomic E-state index is 9.42. The van der Waals surface area contributed by atoms with Crippen LogP contribution in [-0.4, -0.2) is 41.6 Å². The van der Waals surface area contributed by atoms with E-state index in [9.17, 15) is 5.11 Å². The van der Waals surface area contributed by atoms with E-state index < -0.39 is 0 Å². The summed E-state index contributed by atoms with van der Waals surface area (Å²) in [6.45, 7) is 3.72. The SMILES string of the molecule is CC1CN=C(C(c2ccccc2)c2ccc(Br)cc2)N1CCO. The van der Waals surface area contributed by atoms with Gasteiger partial charge in [-0.05, 0) is 30.2 Å². The first-order valence-electron chi connectivity index (χ1n) is 7.93. The fourth-order valence-corrected chi connectivity index (χ4v) is 3.40. The van der Waals surface area contributed by atoms with E-state index in [2.05, 4.69) is 76.3 Å². The molecule has 3 nitrogen and oxygen atoms in total. The summed E-state index contributed by atoms with van der Waals surface area (Å²) in [6.07, 6.45) is 0. The normalized spacial score (nSPS) is 18.8. The van der Waals surface area contributed by atoms with Crippen molar-refractivity contribution >= 4 is 21.8 Å². The lowest BCUT2D eigenvalue weighted by molar-refractivity contribution is 0.233. The van der Waals surface area contributed by atoms with E-state index in [1.807, 2.05) is 6.07 Å². The summed E-state index contributed by atoms with van der Waals surface area (Å²) < 4.78 is 1.07. The molecule has 0 aliphatic carbocycles. The first-order valence-corrected chi connectivity index (χ1v) is 8.72. The zero-order valence-corrected chi connectivity index (χ0v) is 14.8. The van der Waals surface area contributed by atoms with Crippen molar-refractivity contribution in [2.45, 2.75) is 18.9 Å². The van der Waals surface area contributed by atoms with Crippen LogP contribution in [0.3, 0.4) is 0 Å². The Bertz CT molecular complexity index is 670. The van der Waals surface area contributed by atoms with Crippen molar-refractivity contribution < 1.29 is 5.11 Å². The molecule has 0 bridgehead atoms. The van der Waals surface area contributed by atoms with E-state index in [4.69, 9.17) is 4.99 Å². The first kappa shape index (κ1) is 16.2. The van der Waals surface area contributed by atoms with E-state index in [1.54, 1.807) is 0 Å². The Balaban J connectivity index is 2.04. The highest BCUT2D eigenvalue weighted by molar-refractivity contribution is 9.10.